The number of carbonyl (C=O) groups excluding carboxylic acids is 2. The van der Waals surface area contributed by atoms with Gasteiger partial charge in [-0.15, -0.1) is 0 Å². The van der Waals surface area contributed by atoms with Gasteiger partial charge in [0.1, 0.15) is 12.4 Å². The summed E-state index contributed by atoms with van der Waals surface area (Å²) in [6.07, 6.45) is 0. The maximum atomic E-state index is 11.5. The van der Waals surface area contributed by atoms with Crippen molar-refractivity contribution in [2.45, 2.75) is 0 Å². The minimum absolute atomic E-state index is 0.310. The van der Waals surface area contributed by atoms with Crippen molar-refractivity contribution >= 4 is 34.8 Å². The summed E-state index contributed by atoms with van der Waals surface area (Å²) < 4.78 is 10.3. The number of hydrogen-bond acceptors (Lipinski definition) is 5. The van der Waals surface area contributed by atoms with Gasteiger partial charge in [0.15, 0.2) is 6.61 Å². The fraction of sp³-hybridized carbons (Fsp3) is 0.200. The number of rotatable bonds is 7. The van der Waals surface area contributed by atoms with Crippen LogP contribution < -0.4 is 10.1 Å². The molecular formula is C15H14ClNO4S. The van der Waals surface area contributed by atoms with Crippen LogP contribution >= 0.6 is 22.9 Å². The van der Waals surface area contributed by atoms with Crippen LogP contribution in [-0.2, 0) is 9.53 Å². The van der Waals surface area contributed by atoms with Crippen LogP contribution in [0, 0.1) is 0 Å². The van der Waals surface area contributed by atoms with Crippen LogP contribution in [0.3, 0.4) is 0 Å². The third kappa shape index (κ3) is 5.38. The van der Waals surface area contributed by atoms with Gasteiger partial charge in [-0.3, -0.25) is 4.79 Å². The van der Waals surface area contributed by atoms with Crippen molar-refractivity contribution in [3.05, 3.63) is 51.7 Å². The van der Waals surface area contributed by atoms with E-state index in [1.54, 1.807) is 41.1 Å². The summed E-state index contributed by atoms with van der Waals surface area (Å²) in [4.78, 5) is 23.0. The quantitative estimate of drug-likeness (QED) is 0.622. The number of carbonyl (C=O) groups is 2. The average molecular weight is 340 g/mol. The molecule has 0 saturated carbocycles. The molecule has 1 heterocycles. The van der Waals surface area contributed by atoms with Crippen molar-refractivity contribution in [1.29, 1.82) is 0 Å². The van der Waals surface area contributed by atoms with Gasteiger partial charge in [-0.05, 0) is 35.7 Å². The molecule has 0 atom stereocenters. The smallest absolute Gasteiger partial charge is 0.339 e. The summed E-state index contributed by atoms with van der Waals surface area (Å²) in [5, 5.41) is 6.67. The van der Waals surface area contributed by atoms with Crippen molar-refractivity contribution in [3.8, 4) is 5.75 Å². The molecule has 1 N–H and O–H groups in total. The lowest BCUT2D eigenvalue weighted by atomic mass is 10.3. The van der Waals surface area contributed by atoms with Crippen LogP contribution in [0.5, 0.6) is 5.75 Å². The van der Waals surface area contributed by atoms with Gasteiger partial charge in [0.2, 0.25) is 0 Å². The molecule has 116 valence electrons. The zero-order valence-corrected chi connectivity index (χ0v) is 13.2. The van der Waals surface area contributed by atoms with Crippen molar-refractivity contribution in [1.82, 2.24) is 5.32 Å². The number of esters is 1. The highest BCUT2D eigenvalue weighted by atomic mass is 35.5. The van der Waals surface area contributed by atoms with Gasteiger partial charge in [-0.1, -0.05) is 11.6 Å². The van der Waals surface area contributed by atoms with Crippen molar-refractivity contribution in [2.75, 3.05) is 19.8 Å². The van der Waals surface area contributed by atoms with Gasteiger partial charge < -0.3 is 14.8 Å². The minimum atomic E-state index is -0.506. The van der Waals surface area contributed by atoms with E-state index in [0.717, 1.165) is 0 Å². The molecular weight excluding hydrogens is 326 g/mol. The predicted molar refractivity (Wildman–Crippen MR) is 84.6 cm³/mol. The van der Waals surface area contributed by atoms with E-state index in [1.165, 1.54) is 11.3 Å². The van der Waals surface area contributed by atoms with E-state index in [9.17, 15) is 9.59 Å². The Labute approximate surface area is 136 Å². The maximum Gasteiger partial charge on any atom is 0.339 e. The third-order valence-corrected chi connectivity index (χ3v) is 3.53. The van der Waals surface area contributed by atoms with E-state index in [4.69, 9.17) is 21.1 Å². The normalized spacial score (nSPS) is 10.0. The molecule has 7 heteroatoms. The molecule has 0 radical (unpaired) electrons. The molecule has 0 spiro atoms. The zero-order valence-electron chi connectivity index (χ0n) is 11.6. The maximum absolute atomic E-state index is 11.5. The van der Waals surface area contributed by atoms with Crippen LogP contribution in [0.4, 0.5) is 0 Å². The summed E-state index contributed by atoms with van der Waals surface area (Å²) in [6, 6.07) is 8.57. The number of halogens is 1. The van der Waals surface area contributed by atoms with E-state index in [2.05, 4.69) is 5.32 Å². The summed E-state index contributed by atoms with van der Waals surface area (Å²) in [5.41, 5.74) is 0.448. The Kier molecular flexibility index (Phi) is 6.24. The molecule has 5 nitrogen and oxygen atoms in total. The molecule has 0 unspecified atom stereocenters. The van der Waals surface area contributed by atoms with Crippen LogP contribution in [0.1, 0.15) is 10.4 Å². The van der Waals surface area contributed by atoms with Gasteiger partial charge >= 0.3 is 5.97 Å². The SMILES string of the molecule is O=C(COC(=O)c1ccsc1)NCCOc1ccc(Cl)cc1. The van der Waals surface area contributed by atoms with Crippen LogP contribution in [-0.4, -0.2) is 31.6 Å². The van der Waals surface area contributed by atoms with E-state index < -0.39 is 5.97 Å². The highest BCUT2D eigenvalue weighted by molar-refractivity contribution is 7.08. The summed E-state index contributed by atoms with van der Waals surface area (Å²) >= 11 is 7.15. The first-order valence-electron chi connectivity index (χ1n) is 6.49. The number of benzene rings is 1. The Hall–Kier alpha value is -2.05. The second-order valence-electron chi connectivity index (χ2n) is 4.24. The highest BCUT2D eigenvalue weighted by Crippen LogP contribution is 2.15. The van der Waals surface area contributed by atoms with Gasteiger partial charge in [0.05, 0.1) is 12.1 Å². The fourth-order valence-electron chi connectivity index (χ4n) is 1.54. The third-order valence-electron chi connectivity index (χ3n) is 2.60. The topological polar surface area (TPSA) is 64.6 Å². The van der Waals surface area contributed by atoms with Crippen molar-refractivity contribution in [3.63, 3.8) is 0 Å². The molecule has 0 fully saturated rings. The number of thiophene rings is 1. The Morgan fingerprint density at radius 2 is 1.95 bits per heavy atom. The Morgan fingerprint density at radius 3 is 2.64 bits per heavy atom. The lowest BCUT2D eigenvalue weighted by molar-refractivity contribution is -0.124. The van der Waals surface area contributed by atoms with Gasteiger partial charge in [0, 0.05) is 10.4 Å². The molecule has 1 amide bonds. The first kappa shape index (κ1) is 16.3. The van der Waals surface area contributed by atoms with Crippen molar-refractivity contribution < 1.29 is 19.1 Å². The zero-order chi connectivity index (χ0) is 15.8. The molecule has 22 heavy (non-hydrogen) atoms. The summed E-state index contributed by atoms with van der Waals surface area (Å²) in [6.45, 7) is 0.318. The predicted octanol–water partition coefficient (Wildman–Crippen LogP) is 2.75. The van der Waals surface area contributed by atoms with E-state index in [-0.39, 0.29) is 12.5 Å². The number of hydrogen-bond donors (Lipinski definition) is 1. The van der Waals surface area contributed by atoms with E-state index >= 15 is 0 Å². The Bertz CT molecular complexity index is 613. The molecule has 0 aliphatic carbocycles. The first-order chi connectivity index (χ1) is 10.6. The van der Waals surface area contributed by atoms with E-state index in [1.807, 2.05) is 0 Å². The highest BCUT2D eigenvalue weighted by Gasteiger charge is 2.09. The largest absolute Gasteiger partial charge is 0.492 e. The summed E-state index contributed by atoms with van der Waals surface area (Å²) in [7, 11) is 0. The number of ether oxygens (including phenoxy) is 2. The second-order valence-corrected chi connectivity index (χ2v) is 5.46. The minimum Gasteiger partial charge on any atom is -0.492 e. The molecule has 1 aromatic carbocycles. The number of nitrogens with one attached hydrogen (secondary N) is 1. The Balaban J connectivity index is 1.59. The van der Waals surface area contributed by atoms with Gasteiger partial charge in [-0.2, -0.15) is 11.3 Å². The lowest BCUT2D eigenvalue weighted by Gasteiger charge is -2.08. The lowest BCUT2D eigenvalue weighted by Crippen LogP contribution is -2.32. The molecule has 0 aliphatic rings. The average Bonchev–Trinajstić information content (AvgIpc) is 3.05. The molecule has 0 aliphatic heterocycles. The van der Waals surface area contributed by atoms with Crippen molar-refractivity contribution in [2.24, 2.45) is 0 Å². The Morgan fingerprint density at radius 1 is 1.18 bits per heavy atom. The molecule has 2 aromatic rings. The van der Waals surface area contributed by atoms with Crippen LogP contribution in [0.2, 0.25) is 5.02 Å². The van der Waals surface area contributed by atoms with Crippen LogP contribution in [0.25, 0.3) is 0 Å². The second kappa shape index (κ2) is 8.41. The summed E-state index contributed by atoms with van der Waals surface area (Å²) in [5.74, 6) is -0.209. The first-order valence-corrected chi connectivity index (χ1v) is 7.81. The molecule has 0 bridgehead atoms. The molecule has 0 saturated heterocycles. The molecule has 1 aromatic heterocycles. The fourth-order valence-corrected chi connectivity index (χ4v) is 2.29. The van der Waals surface area contributed by atoms with E-state index in [0.29, 0.717) is 29.5 Å². The standard InChI is InChI=1S/C15H14ClNO4S/c16-12-1-3-13(4-2-12)20-7-6-17-14(18)9-21-15(19)11-5-8-22-10-11/h1-5,8,10H,6-7,9H2,(H,17,18). The van der Waals surface area contributed by atoms with Crippen LogP contribution in [0.15, 0.2) is 41.1 Å². The molecule has 2 rings (SSSR count). The van der Waals surface area contributed by atoms with Gasteiger partial charge in [-0.25, -0.2) is 4.79 Å². The number of amides is 1. The van der Waals surface area contributed by atoms with Gasteiger partial charge in [0.25, 0.3) is 5.91 Å². The monoisotopic (exact) mass is 339 g/mol.